The molecule has 10 rings (SSSR count). The maximum absolute atomic E-state index is 2.53. The van der Waals surface area contributed by atoms with Crippen molar-refractivity contribution in [2.75, 3.05) is 0 Å². The standard InChI is InChI=1S/2C24H22Si.2ClH.Zr/c2*1-25(2,20-14-17-8-3-4-9-18(17)15-20)24-13-7-12-22-21-11-6-5-10-19(21)16-23(22)24;;;/h2*3-14H,15-16H2,1-2H3;2*1H;/q;;;;+2/p-2. The van der Waals surface area contributed by atoms with Gasteiger partial charge in [-0.05, 0) is 92.4 Å². The molecule has 0 spiro atoms. The van der Waals surface area contributed by atoms with Crippen LogP contribution in [-0.2, 0) is 51.9 Å². The maximum atomic E-state index is 2.53. The summed E-state index contributed by atoms with van der Waals surface area (Å²) in [7, 11) is -3.36. The summed E-state index contributed by atoms with van der Waals surface area (Å²) in [4.78, 5) is 0. The Morgan fingerprint density at radius 1 is 0.358 bits per heavy atom. The van der Waals surface area contributed by atoms with Crippen molar-refractivity contribution in [3.8, 4) is 22.3 Å². The quantitative estimate of drug-likeness (QED) is 0.226. The number of hydrogen-bond donors (Lipinski definition) is 0. The van der Waals surface area contributed by atoms with Crippen LogP contribution < -0.4 is 35.2 Å². The van der Waals surface area contributed by atoms with Gasteiger partial charge in [-0.25, -0.2) is 0 Å². The molecule has 0 unspecified atom stereocenters. The van der Waals surface area contributed by atoms with Crippen LogP contribution in [0.2, 0.25) is 26.2 Å². The zero-order valence-electron chi connectivity index (χ0n) is 30.9. The largest absolute Gasteiger partial charge is 2.00 e. The molecule has 262 valence electrons. The van der Waals surface area contributed by atoms with Crippen LogP contribution in [0.3, 0.4) is 0 Å². The second kappa shape index (κ2) is 15.4. The van der Waals surface area contributed by atoms with E-state index in [1.165, 1.54) is 55.6 Å². The molecule has 53 heavy (non-hydrogen) atoms. The molecule has 0 saturated carbocycles. The Kier molecular flexibility index (Phi) is 11.5. The van der Waals surface area contributed by atoms with Crippen LogP contribution in [0.15, 0.2) is 144 Å². The molecular weight excluding hydrogens is 795 g/mol. The summed E-state index contributed by atoms with van der Waals surface area (Å²) < 4.78 is 0. The third-order valence-electron chi connectivity index (χ3n) is 12.2. The number of fused-ring (bicyclic) bond motifs is 8. The molecule has 0 fully saturated rings. The zero-order chi connectivity index (χ0) is 34.0. The van der Waals surface area contributed by atoms with Crippen molar-refractivity contribution in [3.05, 3.63) is 188 Å². The van der Waals surface area contributed by atoms with E-state index in [1.807, 2.05) is 0 Å². The predicted molar refractivity (Wildman–Crippen MR) is 220 cm³/mol. The minimum Gasteiger partial charge on any atom is -1.00 e. The van der Waals surface area contributed by atoms with Crippen LogP contribution >= 0.6 is 0 Å². The van der Waals surface area contributed by atoms with Crippen molar-refractivity contribution >= 4 is 38.7 Å². The van der Waals surface area contributed by atoms with Crippen molar-refractivity contribution < 1.29 is 51.0 Å². The molecule has 0 aromatic heterocycles. The first kappa shape index (κ1) is 39.4. The summed E-state index contributed by atoms with van der Waals surface area (Å²) in [5, 5.41) is 6.58. The van der Waals surface area contributed by atoms with Gasteiger partial charge in [0.2, 0.25) is 0 Å². The van der Waals surface area contributed by atoms with Gasteiger partial charge in [0.25, 0.3) is 0 Å². The van der Waals surface area contributed by atoms with Crippen LogP contribution in [0.25, 0.3) is 34.4 Å². The van der Waals surface area contributed by atoms with E-state index in [1.54, 1.807) is 31.9 Å². The Morgan fingerprint density at radius 3 is 1.09 bits per heavy atom. The molecule has 4 aliphatic rings. The number of benzene rings is 6. The maximum Gasteiger partial charge on any atom is 2.00 e. The average molecular weight is 839 g/mol. The molecule has 0 amide bonds. The molecule has 0 aliphatic heterocycles. The van der Waals surface area contributed by atoms with Gasteiger partial charge >= 0.3 is 26.2 Å². The molecule has 0 heterocycles. The minimum absolute atomic E-state index is 0. The van der Waals surface area contributed by atoms with Gasteiger partial charge in [-0.3, -0.25) is 0 Å². The second-order valence-electron chi connectivity index (χ2n) is 15.7. The normalized spacial score (nSPS) is 13.9. The number of allylic oxidation sites excluding steroid dienone is 2. The van der Waals surface area contributed by atoms with E-state index in [9.17, 15) is 0 Å². The van der Waals surface area contributed by atoms with Crippen molar-refractivity contribution in [1.29, 1.82) is 0 Å². The monoisotopic (exact) mass is 836 g/mol. The van der Waals surface area contributed by atoms with E-state index in [4.69, 9.17) is 0 Å². The molecule has 6 aromatic carbocycles. The summed E-state index contributed by atoms with van der Waals surface area (Å²) in [6.45, 7) is 10.1. The van der Waals surface area contributed by atoms with E-state index >= 15 is 0 Å². The number of halogens is 2. The molecule has 0 N–H and O–H groups in total. The van der Waals surface area contributed by atoms with Crippen molar-refractivity contribution in [2.45, 2.75) is 51.9 Å². The number of hydrogen-bond acceptors (Lipinski definition) is 0. The third-order valence-corrected chi connectivity index (χ3v) is 19.7. The molecular formula is C48H44Cl2Si2Zr. The Morgan fingerprint density at radius 2 is 0.698 bits per heavy atom. The van der Waals surface area contributed by atoms with Crippen molar-refractivity contribution in [3.63, 3.8) is 0 Å². The molecule has 5 heteroatoms. The van der Waals surface area contributed by atoms with Crippen molar-refractivity contribution in [1.82, 2.24) is 0 Å². The predicted octanol–water partition coefficient (Wildman–Crippen LogP) is 4.71. The zero-order valence-corrected chi connectivity index (χ0v) is 36.9. The van der Waals surface area contributed by atoms with Gasteiger partial charge < -0.3 is 24.8 Å². The van der Waals surface area contributed by atoms with E-state index in [-0.39, 0.29) is 51.0 Å². The fourth-order valence-electron chi connectivity index (χ4n) is 9.19. The smallest absolute Gasteiger partial charge is 1.00 e. The fourth-order valence-corrected chi connectivity index (χ4v) is 15.2. The van der Waals surface area contributed by atoms with Gasteiger partial charge in [0, 0.05) is 0 Å². The van der Waals surface area contributed by atoms with E-state index in [2.05, 4.69) is 172 Å². The minimum atomic E-state index is -1.68. The van der Waals surface area contributed by atoms with Gasteiger partial charge in [0.1, 0.15) is 16.1 Å². The van der Waals surface area contributed by atoms with Gasteiger partial charge in [-0.2, -0.15) is 0 Å². The number of rotatable bonds is 4. The average Bonchev–Trinajstić information content (AvgIpc) is 3.94. The summed E-state index contributed by atoms with van der Waals surface area (Å²) in [5.41, 5.74) is 17.8. The Balaban J connectivity index is 0.000000172. The van der Waals surface area contributed by atoms with Gasteiger partial charge in [-0.15, -0.1) is 0 Å². The third kappa shape index (κ3) is 6.83. The SMILES string of the molecule is C[Si](C)(C1=Cc2ccccc2C1)c1cccc2c1Cc1ccccc1-2.C[Si](C)(C1=Cc2ccccc2C1)c1cccc2c1Cc1ccccc1-2.[Cl-].[Cl-].[Zr+2]. The molecule has 0 saturated heterocycles. The molecule has 0 bridgehead atoms. The molecule has 6 aromatic rings. The Bertz CT molecular complexity index is 2240. The second-order valence-corrected chi connectivity index (χ2v) is 24.5. The molecule has 0 radical (unpaired) electrons. The molecule has 0 nitrogen and oxygen atoms in total. The van der Waals surface area contributed by atoms with E-state index < -0.39 is 16.1 Å². The van der Waals surface area contributed by atoms with E-state index in [0.717, 1.165) is 25.7 Å². The Hall–Kier alpha value is -3.30. The van der Waals surface area contributed by atoms with Gasteiger partial charge in [0.05, 0.1) is 0 Å². The first-order valence-corrected chi connectivity index (χ1v) is 24.3. The van der Waals surface area contributed by atoms with Gasteiger partial charge in [-0.1, -0.05) is 193 Å². The summed E-state index contributed by atoms with van der Waals surface area (Å²) >= 11 is 0. The first-order chi connectivity index (χ1) is 24.3. The molecule has 0 atom stereocenters. The Labute approximate surface area is 349 Å². The molecule has 4 aliphatic carbocycles. The topological polar surface area (TPSA) is 0 Å². The summed E-state index contributed by atoms with van der Waals surface area (Å²) in [6, 6.07) is 49.5. The van der Waals surface area contributed by atoms with Crippen LogP contribution in [0.1, 0.15) is 44.5 Å². The van der Waals surface area contributed by atoms with Crippen LogP contribution in [0.5, 0.6) is 0 Å². The van der Waals surface area contributed by atoms with Crippen molar-refractivity contribution in [2.24, 2.45) is 0 Å². The fraction of sp³-hybridized carbons (Fsp3) is 0.167. The van der Waals surface area contributed by atoms with Gasteiger partial charge in [0.15, 0.2) is 0 Å². The summed E-state index contributed by atoms with van der Waals surface area (Å²) in [6.07, 6.45) is 9.40. The van der Waals surface area contributed by atoms with Crippen LogP contribution in [0.4, 0.5) is 0 Å². The van der Waals surface area contributed by atoms with Crippen LogP contribution in [0, 0.1) is 0 Å². The first-order valence-electron chi connectivity index (χ1n) is 18.3. The van der Waals surface area contributed by atoms with E-state index in [0.29, 0.717) is 0 Å². The summed E-state index contributed by atoms with van der Waals surface area (Å²) in [5.74, 6) is 0. The van der Waals surface area contributed by atoms with Crippen LogP contribution in [-0.4, -0.2) is 16.1 Å².